The molecule has 2 fully saturated rings. The van der Waals surface area contributed by atoms with Gasteiger partial charge in [0.15, 0.2) is 0 Å². The maximum absolute atomic E-state index is 13.5. The molecule has 0 spiro atoms. The van der Waals surface area contributed by atoms with Gasteiger partial charge in [-0.2, -0.15) is 10.1 Å². The molecule has 4 heterocycles. The zero-order valence-corrected chi connectivity index (χ0v) is 15.5. The lowest BCUT2D eigenvalue weighted by molar-refractivity contribution is -0.121. The molecule has 10 heteroatoms. The van der Waals surface area contributed by atoms with Gasteiger partial charge in [-0.25, -0.2) is 8.78 Å². The molecule has 146 valence electrons. The Hall–Kier alpha value is -2.26. The molecule has 2 aliphatic rings. The molecule has 0 saturated carbocycles. The number of H-pyrrole nitrogens is 1. The lowest BCUT2D eigenvalue weighted by Gasteiger charge is -2.23. The predicted molar refractivity (Wildman–Crippen MR) is 97.5 cm³/mol. The Morgan fingerprint density at radius 1 is 1.33 bits per heavy atom. The van der Waals surface area contributed by atoms with Crippen molar-refractivity contribution in [2.24, 2.45) is 0 Å². The van der Waals surface area contributed by atoms with Crippen molar-refractivity contribution in [3.05, 3.63) is 24.5 Å². The van der Waals surface area contributed by atoms with Gasteiger partial charge in [0.1, 0.15) is 5.82 Å². The van der Waals surface area contributed by atoms with Crippen molar-refractivity contribution in [2.75, 3.05) is 31.6 Å². The lowest BCUT2D eigenvalue weighted by atomic mass is 10.1. The molecule has 2 aromatic rings. The van der Waals surface area contributed by atoms with E-state index in [0.29, 0.717) is 24.7 Å². The average Bonchev–Trinajstić information content (AvgIpc) is 3.34. The predicted octanol–water partition coefficient (Wildman–Crippen LogP) is 2.35. The molecule has 0 radical (unpaired) electrons. The fourth-order valence-electron chi connectivity index (χ4n) is 3.61. The Bertz CT molecular complexity index is 818. The van der Waals surface area contributed by atoms with Crippen molar-refractivity contribution < 1.29 is 18.3 Å². The molecule has 27 heavy (non-hydrogen) atoms. The van der Waals surface area contributed by atoms with Crippen LogP contribution in [0.4, 0.5) is 14.6 Å². The molecule has 0 aliphatic carbocycles. The van der Waals surface area contributed by atoms with E-state index in [2.05, 4.69) is 15.2 Å². The summed E-state index contributed by atoms with van der Waals surface area (Å²) in [6.07, 6.45) is 3.71. The summed E-state index contributed by atoms with van der Waals surface area (Å²) in [5.74, 6) is -2.05. The molecule has 1 N–H and O–H groups in total. The standard InChI is InChI=1S/C17H19F2N5O2.ClH/c1-26-15-12(11-8-20-21-9-11)2-3-14(22-15)24-6-4-13(16(24)25)23-7-5-17(18,19)10-23;/h2-3,8-9,13H,4-7,10H2,1H3,(H,20,21);1H. The number of pyridine rings is 1. The largest absolute Gasteiger partial charge is 0.480 e. The molecule has 2 aliphatic heterocycles. The number of hydrogen-bond donors (Lipinski definition) is 1. The number of methoxy groups -OCH3 is 1. The second-order valence-corrected chi connectivity index (χ2v) is 6.58. The number of aromatic amines is 1. The Morgan fingerprint density at radius 3 is 2.78 bits per heavy atom. The number of carbonyl (C=O) groups is 1. The van der Waals surface area contributed by atoms with Crippen molar-refractivity contribution in [1.29, 1.82) is 0 Å². The molecule has 2 saturated heterocycles. The van der Waals surface area contributed by atoms with E-state index in [1.54, 1.807) is 28.3 Å². The number of halogens is 3. The van der Waals surface area contributed by atoms with Crippen LogP contribution in [0.1, 0.15) is 12.8 Å². The van der Waals surface area contributed by atoms with Crippen LogP contribution in [-0.4, -0.2) is 64.7 Å². The minimum atomic E-state index is -2.71. The average molecular weight is 400 g/mol. The van der Waals surface area contributed by atoms with Crippen LogP contribution in [0.25, 0.3) is 11.1 Å². The smallest absolute Gasteiger partial charge is 0.261 e. The van der Waals surface area contributed by atoms with Crippen molar-refractivity contribution in [2.45, 2.75) is 24.8 Å². The van der Waals surface area contributed by atoms with E-state index in [9.17, 15) is 13.6 Å². The van der Waals surface area contributed by atoms with Crippen LogP contribution >= 0.6 is 12.4 Å². The van der Waals surface area contributed by atoms with Crippen LogP contribution in [0.3, 0.4) is 0 Å². The molecule has 1 atom stereocenters. The third kappa shape index (κ3) is 3.61. The molecule has 1 unspecified atom stereocenters. The van der Waals surface area contributed by atoms with Gasteiger partial charge in [0.05, 0.1) is 25.9 Å². The molecule has 0 bridgehead atoms. The highest BCUT2D eigenvalue weighted by Gasteiger charge is 2.46. The lowest BCUT2D eigenvalue weighted by Crippen LogP contribution is -2.41. The summed E-state index contributed by atoms with van der Waals surface area (Å²) < 4.78 is 32.3. The monoisotopic (exact) mass is 399 g/mol. The number of amides is 1. The quantitative estimate of drug-likeness (QED) is 0.854. The summed E-state index contributed by atoms with van der Waals surface area (Å²) in [6.45, 7) is 0.341. The number of likely N-dealkylation sites (tertiary alicyclic amines) is 1. The molecule has 7 nitrogen and oxygen atoms in total. The number of hydrogen-bond acceptors (Lipinski definition) is 5. The minimum absolute atomic E-state index is 0. The highest BCUT2D eigenvalue weighted by atomic mass is 35.5. The van der Waals surface area contributed by atoms with E-state index in [0.717, 1.165) is 11.1 Å². The second kappa shape index (κ2) is 7.40. The first kappa shape index (κ1) is 19.5. The van der Waals surface area contributed by atoms with Crippen LogP contribution in [0.5, 0.6) is 5.88 Å². The molecule has 2 aromatic heterocycles. The number of alkyl halides is 2. The number of rotatable bonds is 4. The molecule has 0 aromatic carbocycles. The van der Waals surface area contributed by atoms with Gasteiger partial charge in [0.25, 0.3) is 5.92 Å². The zero-order chi connectivity index (χ0) is 18.3. The fourth-order valence-corrected chi connectivity index (χ4v) is 3.61. The van der Waals surface area contributed by atoms with E-state index in [-0.39, 0.29) is 37.8 Å². The van der Waals surface area contributed by atoms with Gasteiger partial charge in [-0.1, -0.05) is 0 Å². The van der Waals surface area contributed by atoms with Gasteiger partial charge in [0, 0.05) is 36.8 Å². The molecule has 1 amide bonds. The zero-order valence-electron chi connectivity index (χ0n) is 14.7. The first-order chi connectivity index (χ1) is 12.5. The summed E-state index contributed by atoms with van der Waals surface area (Å²) in [4.78, 5) is 20.3. The van der Waals surface area contributed by atoms with Crippen molar-refractivity contribution in [3.63, 3.8) is 0 Å². The highest BCUT2D eigenvalue weighted by molar-refractivity contribution is 5.99. The Kier molecular flexibility index (Phi) is 5.34. The molecule has 4 rings (SSSR count). The summed E-state index contributed by atoms with van der Waals surface area (Å²) in [5, 5.41) is 6.65. The number of anilines is 1. The van der Waals surface area contributed by atoms with E-state index < -0.39 is 12.0 Å². The number of carbonyl (C=O) groups excluding carboxylic acids is 1. The van der Waals surface area contributed by atoms with E-state index in [1.165, 1.54) is 7.11 Å². The topological polar surface area (TPSA) is 74.3 Å². The fraction of sp³-hybridized carbons (Fsp3) is 0.471. The number of aromatic nitrogens is 3. The van der Waals surface area contributed by atoms with Gasteiger partial charge in [-0.15, -0.1) is 12.4 Å². The Labute approximate surface area is 161 Å². The van der Waals surface area contributed by atoms with Crippen LogP contribution in [-0.2, 0) is 4.79 Å². The van der Waals surface area contributed by atoms with Gasteiger partial charge >= 0.3 is 0 Å². The summed E-state index contributed by atoms with van der Waals surface area (Å²) in [5.41, 5.74) is 1.58. The van der Waals surface area contributed by atoms with Crippen LogP contribution in [0.15, 0.2) is 24.5 Å². The molecular weight excluding hydrogens is 380 g/mol. The van der Waals surface area contributed by atoms with E-state index >= 15 is 0 Å². The van der Waals surface area contributed by atoms with Crippen LogP contribution < -0.4 is 9.64 Å². The van der Waals surface area contributed by atoms with Gasteiger partial charge in [0.2, 0.25) is 11.8 Å². The van der Waals surface area contributed by atoms with Crippen molar-refractivity contribution in [3.8, 4) is 17.0 Å². The number of nitrogens with zero attached hydrogens (tertiary/aromatic N) is 4. The van der Waals surface area contributed by atoms with Crippen LogP contribution in [0, 0.1) is 0 Å². The van der Waals surface area contributed by atoms with Gasteiger partial charge < -0.3 is 4.74 Å². The van der Waals surface area contributed by atoms with Crippen molar-refractivity contribution >= 4 is 24.1 Å². The summed E-state index contributed by atoms with van der Waals surface area (Å²) >= 11 is 0. The molecular formula is C17H20ClF2N5O2. The Morgan fingerprint density at radius 2 is 2.15 bits per heavy atom. The third-order valence-electron chi connectivity index (χ3n) is 4.94. The van der Waals surface area contributed by atoms with E-state index in [1.807, 2.05) is 6.07 Å². The van der Waals surface area contributed by atoms with E-state index in [4.69, 9.17) is 4.74 Å². The highest BCUT2D eigenvalue weighted by Crippen LogP contribution is 2.34. The Balaban J connectivity index is 0.00000210. The van der Waals surface area contributed by atoms with Crippen molar-refractivity contribution in [1.82, 2.24) is 20.1 Å². The van der Waals surface area contributed by atoms with Crippen LogP contribution in [0.2, 0.25) is 0 Å². The number of nitrogens with one attached hydrogen (secondary N) is 1. The summed E-state index contributed by atoms with van der Waals surface area (Å²) in [7, 11) is 1.51. The third-order valence-corrected chi connectivity index (χ3v) is 4.94. The summed E-state index contributed by atoms with van der Waals surface area (Å²) in [6, 6.07) is 3.05. The SMILES string of the molecule is COc1nc(N2CCC(N3CCC(F)(F)C3)C2=O)ccc1-c1cn[nH]c1.Cl. The van der Waals surface area contributed by atoms with Gasteiger partial charge in [-0.05, 0) is 18.6 Å². The number of ether oxygens (including phenoxy) is 1. The maximum atomic E-state index is 13.5. The minimum Gasteiger partial charge on any atom is -0.480 e. The first-order valence-corrected chi connectivity index (χ1v) is 8.46. The first-order valence-electron chi connectivity index (χ1n) is 8.46. The maximum Gasteiger partial charge on any atom is 0.261 e. The second-order valence-electron chi connectivity index (χ2n) is 6.58. The normalized spacial score (nSPS) is 22.1. The van der Waals surface area contributed by atoms with Gasteiger partial charge in [-0.3, -0.25) is 19.7 Å².